The Labute approximate surface area is 378 Å². The molecule has 66 heavy (non-hydrogen) atoms. The van der Waals surface area contributed by atoms with Crippen molar-refractivity contribution >= 4 is 46.4 Å². The van der Waals surface area contributed by atoms with Gasteiger partial charge in [-0.1, -0.05) is 84.9 Å². The molecule has 0 spiro atoms. The maximum absolute atomic E-state index is 12.6. The van der Waals surface area contributed by atoms with Gasteiger partial charge in [0, 0.05) is 68.8 Å². The van der Waals surface area contributed by atoms with E-state index in [9.17, 15) is 19.8 Å². The minimum Gasteiger partial charge on any atom is -0.508 e. The van der Waals surface area contributed by atoms with Crippen molar-refractivity contribution in [1.82, 2.24) is 29.1 Å². The van der Waals surface area contributed by atoms with Crippen molar-refractivity contribution in [2.24, 2.45) is 0 Å². The highest BCUT2D eigenvalue weighted by Gasteiger charge is 2.19. The summed E-state index contributed by atoms with van der Waals surface area (Å²) in [6.07, 6.45) is 11.7. The second kappa shape index (κ2) is 16.6. The number of phenolic OH excluding ortho intramolecular Hbond substituents is 2. The van der Waals surface area contributed by atoms with Gasteiger partial charge in [0.25, 0.3) is 11.1 Å². The van der Waals surface area contributed by atoms with Gasteiger partial charge in [-0.2, -0.15) is 0 Å². The Hall–Kier alpha value is -9.02. The van der Waals surface area contributed by atoms with Crippen LogP contribution in [0.15, 0.2) is 180 Å². The summed E-state index contributed by atoms with van der Waals surface area (Å²) >= 11 is 0. The molecule has 0 amide bonds. The molecule has 0 radical (unpaired) electrons. The SMILES string of the molecule is O=c1ccccn1Cc1ccc(-c2c3nc(c(-c4ccc(O)cc4)c4ccc([nH]4)c(-c4ccc(Cn5ccccc5=O)cc4)c4nc(c(-c5ccc(O)cc5)c5ccc2[nH]5)C=C4)C=C3)cc1. The third-order valence-corrected chi connectivity index (χ3v) is 12.1. The minimum atomic E-state index is -0.0647. The topological polar surface area (TPSA) is 142 Å². The number of phenols is 2. The van der Waals surface area contributed by atoms with Gasteiger partial charge in [0.05, 0.1) is 35.9 Å². The van der Waals surface area contributed by atoms with E-state index in [0.717, 1.165) is 100 Å². The normalized spacial score (nSPS) is 11.9. The number of aromatic nitrogens is 6. The second-order valence-corrected chi connectivity index (χ2v) is 16.3. The van der Waals surface area contributed by atoms with Gasteiger partial charge in [0.1, 0.15) is 11.5 Å². The van der Waals surface area contributed by atoms with E-state index in [4.69, 9.17) is 9.97 Å². The Morgan fingerprint density at radius 2 is 0.682 bits per heavy atom. The lowest BCUT2D eigenvalue weighted by atomic mass is 10.0. The second-order valence-electron chi connectivity index (χ2n) is 16.3. The lowest BCUT2D eigenvalue weighted by molar-refractivity contribution is 0.475. The molecule has 0 aliphatic carbocycles. The lowest BCUT2D eigenvalue weighted by Gasteiger charge is -2.09. The highest BCUT2D eigenvalue weighted by molar-refractivity contribution is 5.99. The van der Waals surface area contributed by atoms with Crippen LogP contribution in [0.2, 0.25) is 0 Å². The van der Waals surface area contributed by atoms with Crippen LogP contribution in [0.1, 0.15) is 33.9 Å². The molecule has 5 aromatic heterocycles. The van der Waals surface area contributed by atoms with Crippen LogP contribution in [0.5, 0.6) is 11.5 Å². The van der Waals surface area contributed by atoms with Gasteiger partial charge < -0.3 is 29.3 Å². The average molecular weight is 861 g/mol. The predicted octanol–water partition coefficient (Wildman–Crippen LogP) is 11.2. The van der Waals surface area contributed by atoms with Crippen molar-refractivity contribution in [3.05, 3.63) is 225 Å². The molecule has 0 fully saturated rings. The number of fused-ring (bicyclic) bond motifs is 8. The van der Waals surface area contributed by atoms with Crippen molar-refractivity contribution in [2.45, 2.75) is 13.1 Å². The van der Waals surface area contributed by atoms with Crippen LogP contribution in [0.3, 0.4) is 0 Å². The number of pyridine rings is 2. The Morgan fingerprint density at radius 1 is 0.379 bits per heavy atom. The number of rotatable bonds is 8. The van der Waals surface area contributed by atoms with Crippen LogP contribution in [0, 0.1) is 0 Å². The van der Waals surface area contributed by atoms with E-state index in [1.165, 1.54) is 0 Å². The molecule has 11 rings (SSSR count). The first-order valence-corrected chi connectivity index (χ1v) is 21.6. The molecule has 4 N–H and O–H groups in total. The summed E-state index contributed by atoms with van der Waals surface area (Å²) in [6, 6.07) is 49.2. The zero-order valence-corrected chi connectivity index (χ0v) is 35.4. The lowest BCUT2D eigenvalue weighted by Crippen LogP contribution is -2.18. The van der Waals surface area contributed by atoms with Crippen LogP contribution in [-0.2, 0) is 13.1 Å². The summed E-state index contributed by atoms with van der Waals surface area (Å²) in [4.78, 5) is 43.4. The van der Waals surface area contributed by atoms with E-state index in [0.29, 0.717) is 13.1 Å². The quantitative estimate of drug-likeness (QED) is 0.120. The smallest absolute Gasteiger partial charge is 0.250 e. The van der Waals surface area contributed by atoms with Gasteiger partial charge in [-0.25, -0.2) is 9.97 Å². The van der Waals surface area contributed by atoms with E-state index >= 15 is 0 Å². The van der Waals surface area contributed by atoms with E-state index in [-0.39, 0.29) is 22.6 Å². The molecule has 10 nitrogen and oxygen atoms in total. The van der Waals surface area contributed by atoms with E-state index in [1.807, 2.05) is 85.0 Å². The largest absolute Gasteiger partial charge is 0.508 e. The van der Waals surface area contributed by atoms with Crippen LogP contribution >= 0.6 is 0 Å². The summed E-state index contributed by atoms with van der Waals surface area (Å²) in [5.41, 5.74) is 15.1. The predicted molar refractivity (Wildman–Crippen MR) is 264 cm³/mol. The fraction of sp³-hybridized carbons (Fsp3) is 0.0357. The molecule has 2 aliphatic rings. The Balaban J connectivity index is 1.18. The number of hydrogen-bond acceptors (Lipinski definition) is 6. The number of aromatic hydroxyl groups is 2. The van der Waals surface area contributed by atoms with Gasteiger partial charge in [0.15, 0.2) is 0 Å². The number of hydrogen-bond donors (Lipinski definition) is 4. The Bertz CT molecular complexity index is 3440. The molecular weight excluding hydrogens is 821 g/mol. The van der Waals surface area contributed by atoms with Crippen molar-refractivity contribution in [3.8, 4) is 56.0 Å². The first-order valence-electron chi connectivity index (χ1n) is 21.6. The number of benzene rings is 4. The highest BCUT2D eigenvalue weighted by atomic mass is 16.3. The monoisotopic (exact) mass is 860 g/mol. The van der Waals surface area contributed by atoms with Gasteiger partial charge in [-0.3, -0.25) is 9.59 Å². The van der Waals surface area contributed by atoms with Crippen molar-refractivity contribution in [2.75, 3.05) is 0 Å². The number of nitrogens with one attached hydrogen (secondary N) is 2. The van der Waals surface area contributed by atoms with E-state index in [2.05, 4.69) is 58.5 Å². The molecule has 0 atom stereocenters. The zero-order valence-electron chi connectivity index (χ0n) is 35.4. The summed E-state index contributed by atoms with van der Waals surface area (Å²) in [5.74, 6) is 0.319. The zero-order chi connectivity index (χ0) is 44.7. The summed E-state index contributed by atoms with van der Waals surface area (Å²) < 4.78 is 3.36. The fourth-order valence-electron chi connectivity index (χ4n) is 8.81. The maximum atomic E-state index is 12.6. The van der Waals surface area contributed by atoms with Gasteiger partial charge in [-0.05, 0) is 118 Å². The standard InChI is InChI=1S/C56H40N6O4/c63-41-19-15-39(16-20-41)55-47-27-23-43(57-47)53(37-11-7-35(8-12-37)33-61-31-3-1-5-51(61)65)44-24-28-48(58-44)56(40-17-21-42(64)22-18-40)50-30-26-46(60-50)54(45-25-29-49(55)59-45)38-13-9-36(10-14-38)34-62-32-4-2-6-52(62)66/h1-32,57,60,63-64H,33-34H2. The van der Waals surface area contributed by atoms with Crippen LogP contribution in [-0.4, -0.2) is 39.3 Å². The van der Waals surface area contributed by atoms with Gasteiger partial charge in [-0.15, -0.1) is 0 Å². The summed E-state index contributed by atoms with van der Waals surface area (Å²) in [7, 11) is 0. The molecular formula is C56H40N6O4. The molecule has 4 aromatic carbocycles. The first kappa shape index (κ1) is 39.8. The minimum absolute atomic E-state index is 0.0647. The van der Waals surface area contributed by atoms with E-state index in [1.54, 1.807) is 70.1 Å². The number of aromatic amines is 2. The Kier molecular flexibility index (Phi) is 10.0. The number of nitrogens with zero attached hydrogens (tertiary/aromatic N) is 4. The van der Waals surface area contributed by atoms with Crippen LogP contribution < -0.4 is 11.1 Å². The molecule has 8 bridgehead atoms. The van der Waals surface area contributed by atoms with E-state index < -0.39 is 0 Å². The van der Waals surface area contributed by atoms with Crippen molar-refractivity contribution in [3.63, 3.8) is 0 Å². The molecule has 7 heterocycles. The highest BCUT2D eigenvalue weighted by Crippen LogP contribution is 2.39. The van der Waals surface area contributed by atoms with Gasteiger partial charge >= 0.3 is 0 Å². The molecule has 0 saturated carbocycles. The molecule has 318 valence electrons. The van der Waals surface area contributed by atoms with Crippen LogP contribution in [0.25, 0.3) is 90.9 Å². The summed E-state index contributed by atoms with van der Waals surface area (Å²) in [6.45, 7) is 0.870. The average Bonchev–Trinajstić information content (AvgIpc) is 4.19. The maximum Gasteiger partial charge on any atom is 0.250 e. The molecule has 10 heteroatoms. The first-order chi connectivity index (χ1) is 32.3. The van der Waals surface area contributed by atoms with Crippen LogP contribution in [0.4, 0.5) is 0 Å². The third kappa shape index (κ3) is 7.62. The fourth-order valence-corrected chi connectivity index (χ4v) is 8.81. The van der Waals surface area contributed by atoms with Crippen molar-refractivity contribution in [1.29, 1.82) is 0 Å². The van der Waals surface area contributed by atoms with Crippen molar-refractivity contribution < 1.29 is 10.2 Å². The third-order valence-electron chi connectivity index (χ3n) is 12.1. The summed E-state index contributed by atoms with van der Waals surface area (Å²) in [5, 5.41) is 20.7. The molecule has 2 aliphatic heterocycles. The number of H-pyrrole nitrogens is 2. The molecule has 0 unspecified atom stereocenters. The van der Waals surface area contributed by atoms with Gasteiger partial charge in [0.2, 0.25) is 0 Å². The Morgan fingerprint density at radius 3 is 0.985 bits per heavy atom. The molecule has 0 saturated heterocycles. The molecule has 9 aromatic rings.